The van der Waals surface area contributed by atoms with Crippen LogP contribution in [0.4, 0.5) is 8.78 Å². The molecule has 0 bridgehead atoms. The van der Waals surface area contributed by atoms with E-state index in [0.717, 1.165) is 0 Å². The minimum absolute atomic E-state index is 0.116. The number of benzene rings is 1. The Labute approximate surface area is 90.0 Å². The Kier molecular flexibility index (Phi) is 3.51. The number of hydrogen-bond acceptors (Lipinski definition) is 3. The smallest absolute Gasteiger partial charge is 0.265 e. The van der Waals surface area contributed by atoms with Crippen LogP contribution >= 0.6 is 10.7 Å². The van der Waals surface area contributed by atoms with Crippen molar-refractivity contribution in [2.75, 3.05) is 6.61 Å². The number of halogens is 3. The minimum Gasteiger partial charge on any atom is -0.492 e. The predicted octanol–water partition coefficient (Wildman–Crippen LogP) is 2.29. The molecule has 0 heterocycles. The highest BCUT2D eigenvalue weighted by Gasteiger charge is 2.20. The molecule has 1 rings (SSSR count). The molecule has 1 aromatic carbocycles. The number of ether oxygens (including phenoxy) is 1. The normalized spacial score (nSPS) is 11.5. The lowest BCUT2D eigenvalue weighted by atomic mass is 10.3. The van der Waals surface area contributed by atoms with Crippen molar-refractivity contribution in [2.24, 2.45) is 0 Å². The van der Waals surface area contributed by atoms with Crippen molar-refractivity contribution in [3.05, 3.63) is 23.8 Å². The molecule has 0 amide bonds. The van der Waals surface area contributed by atoms with Gasteiger partial charge in [-0.3, -0.25) is 0 Å². The summed E-state index contributed by atoms with van der Waals surface area (Å²) in [7, 11) is 0.872. The van der Waals surface area contributed by atoms with E-state index < -0.39 is 25.6 Å². The Hall–Kier alpha value is -0.880. The van der Waals surface area contributed by atoms with Gasteiger partial charge >= 0.3 is 0 Å². The van der Waals surface area contributed by atoms with Gasteiger partial charge in [0.15, 0.2) is 11.6 Å². The maximum Gasteiger partial charge on any atom is 0.265 e. The fraction of sp³-hybridized carbons (Fsp3) is 0.250. The molecule has 0 N–H and O–H groups in total. The van der Waals surface area contributed by atoms with Gasteiger partial charge in [-0.25, -0.2) is 17.2 Å². The van der Waals surface area contributed by atoms with Crippen LogP contribution in [-0.4, -0.2) is 15.0 Å². The Bertz CT molecular complexity index is 473. The zero-order valence-electron chi connectivity index (χ0n) is 7.63. The first kappa shape index (κ1) is 12.2. The van der Waals surface area contributed by atoms with Crippen LogP contribution in [0, 0.1) is 11.6 Å². The first-order valence-corrected chi connectivity index (χ1v) is 6.23. The largest absolute Gasteiger partial charge is 0.492 e. The van der Waals surface area contributed by atoms with E-state index in [-0.39, 0.29) is 12.4 Å². The van der Waals surface area contributed by atoms with Crippen LogP contribution in [0.5, 0.6) is 5.75 Å². The summed E-state index contributed by atoms with van der Waals surface area (Å²) in [4.78, 5) is -0.579. The summed E-state index contributed by atoms with van der Waals surface area (Å²) >= 11 is 0. The molecule has 0 fully saturated rings. The van der Waals surface area contributed by atoms with Gasteiger partial charge < -0.3 is 4.74 Å². The van der Waals surface area contributed by atoms with Crippen molar-refractivity contribution in [1.29, 1.82) is 0 Å². The summed E-state index contributed by atoms with van der Waals surface area (Å²) in [6.45, 7) is 1.69. The van der Waals surface area contributed by atoms with Gasteiger partial charge in [-0.2, -0.15) is 0 Å². The molecule has 0 aromatic heterocycles. The SMILES string of the molecule is CCOc1cc(F)c(F)cc1S(=O)(=O)Cl. The van der Waals surface area contributed by atoms with Gasteiger partial charge in [0.2, 0.25) is 0 Å². The van der Waals surface area contributed by atoms with Crippen LogP contribution in [0.1, 0.15) is 6.92 Å². The van der Waals surface area contributed by atoms with Gasteiger partial charge in [-0.1, -0.05) is 0 Å². The lowest BCUT2D eigenvalue weighted by molar-refractivity contribution is 0.327. The first-order chi connectivity index (χ1) is 6.86. The van der Waals surface area contributed by atoms with Crippen LogP contribution in [0.15, 0.2) is 17.0 Å². The maximum atomic E-state index is 12.8. The van der Waals surface area contributed by atoms with E-state index in [1.54, 1.807) is 6.92 Å². The summed E-state index contributed by atoms with van der Waals surface area (Å²) in [5.41, 5.74) is 0. The van der Waals surface area contributed by atoms with Gasteiger partial charge in [0.05, 0.1) is 6.61 Å². The summed E-state index contributed by atoms with van der Waals surface area (Å²) in [6.07, 6.45) is 0. The molecule has 0 aliphatic carbocycles. The molecule has 15 heavy (non-hydrogen) atoms. The number of hydrogen-bond donors (Lipinski definition) is 0. The second-order valence-electron chi connectivity index (χ2n) is 2.58. The predicted molar refractivity (Wildman–Crippen MR) is 50.6 cm³/mol. The highest BCUT2D eigenvalue weighted by atomic mass is 35.7. The van der Waals surface area contributed by atoms with E-state index in [9.17, 15) is 17.2 Å². The summed E-state index contributed by atoms with van der Waals surface area (Å²) in [5.74, 6) is -2.79. The zero-order valence-corrected chi connectivity index (χ0v) is 9.20. The summed E-state index contributed by atoms with van der Waals surface area (Å²) in [5, 5.41) is 0. The van der Waals surface area contributed by atoms with Crippen molar-refractivity contribution >= 4 is 19.7 Å². The molecular weight excluding hydrogens is 250 g/mol. The third-order valence-corrected chi connectivity index (χ3v) is 2.89. The molecule has 1 aromatic rings. The molecule has 0 radical (unpaired) electrons. The summed E-state index contributed by atoms with van der Waals surface area (Å²) < 4.78 is 52.4. The summed E-state index contributed by atoms with van der Waals surface area (Å²) in [6, 6.07) is 1.14. The highest BCUT2D eigenvalue weighted by Crippen LogP contribution is 2.29. The molecule has 0 saturated carbocycles. The molecule has 0 saturated heterocycles. The molecule has 0 aliphatic heterocycles. The lowest BCUT2D eigenvalue weighted by Gasteiger charge is -2.07. The fourth-order valence-corrected chi connectivity index (χ4v) is 1.93. The molecule has 7 heteroatoms. The van der Waals surface area contributed by atoms with Crippen LogP contribution in [0.3, 0.4) is 0 Å². The Balaban J connectivity index is 3.42. The van der Waals surface area contributed by atoms with Crippen LogP contribution in [0.2, 0.25) is 0 Å². The Morgan fingerprint density at radius 1 is 1.33 bits per heavy atom. The van der Waals surface area contributed by atoms with Gasteiger partial charge in [0.1, 0.15) is 10.6 Å². The zero-order chi connectivity index (χ0) is 11.6. The average molecular weight is 257 g/mol. The fourth-order valence-electron chi connectivity index (χ4n) is 0.969. The minimum atomic E-state index is -4.15. The quantitative estimate of drug-likeness (QED) is 0.780. The Morgan fingerprint density at radius 3 is 2.33 bits per heavy atom. The molecule has 0 atom stereocenters. The van der Waals surface area contributed by atoms with E-state index >= 15 is 0 Å². The monoisotopic (exact) mass is 256 g/mol. The third-order valence-electron chi connectivity index (χ3n) is 1.55. The second kappa shape index (κ2) is 4.32. The van der Waals surface area contributed by atoms with Crippen LogP contribution in [0.25, 0.3) is 0 Å². The van der Waals surface area contributed by atoms with E-state index in [1.807, 2.05) is 0 Å². The molecule has 84 valence electrons. The Morgan fingerprint density at radius 2 is 1.87 bits per heavy atom. The van der Waals surface area contributed by atoms with E-state index in [4.69, 9.17) is 15.4 Å². The van der Waals surface area contributed by atoms with Crippen LogP contribution in [-0.2, 0) is 9.05 Å². The van der Waals surface area contributed by atoms with Gasteiger partial charge in [-0.05, 0) is 6.92 Å². The van der Waals surface area contributed by atoms with Crippen molar-refractivity contribution in [2.45, 2.75) is 11.8 Å². The van der Waals surface area contributed by atoms with Crippen molar-refractivity contribution < 1.29 is 21.9 Å². The molecule has 0 spiro atoms. The molecule has 3 nitrogen and oxygen atoms in total. The van der Waals surface area contributed by atoms with Crippen LogP contribution < -0.4 is 4.74 Å². The second-order valence-corrected chi connectivity index (χ2v) is 5.12. The molecular formula is C8H7ClF2O3S. The van der Waals surface area contributed by atoms with E-state index in [1.165, 1.54) is 0 Å². The van der Waals surface area contributed by atoms with Gasteiger partial charge in [0.25, 0.3) is 9.05 Å². The topological polar surface area (TPSA) is 43.4 Å². The van der Waals surface area contributed by atoms with E-state index in [0.29, 0.717) is 12.1 Å². The van der Waals surface area contributed by atoms with Crippen molar-refractivity contribution in [3.63, 3.8) is 0 Å². The molecule has 0 aliphatic rings. The maximum absolute atomic E-state index is 12.8. The first-order valence-electron chi connectivity index (χ1n) is 3.92. The molecule has 0 unspecified atom stereocenters. The average Bonchev–Trinajstić information content (AvgIpc) is 2.09. The third kappa shape index (κ3) is 2.79. The highest BCUT2D eigenvalue weighted by molar-refractivity contribution is 8.13. The number of rotatable bonds is 3. The van der Waals surface area contributed by atoms with Gasteiger partial charge in [-0.15, -0.1) is 0 Å². The lowest BCUT2D eigenvalue weighted by Crippen LogP contribution is -2.01. The van der Waals surface area contributed by atoms with E-state index in [2.05, 4.69) is 0 Å². The van der Waals surface area contributed by atoms with Crippen molar-refractivity contribution in [3.8, 4) is 5.75 Å². The van der Waals surface area contributed by atoms with Gasteiger partial charge in [0, 0.05) is 22.8 Å². The standard InChI is InChI=1S/C8H7ClF2O3S/c1-2-14-7-3-5(10)6(11)4-8(7)15(9,12)13/h3-4H,2H2,1H3. The van der Waals surface area contributed by atoms with Crippen molar-refractivity contribution in [1.82, 2.24) is 0 Å².